The summed E-state index contributed by atoms with van der Waals surface area (Å²) >= 11 is 0. The highest BCUT2D eigenvalue weighted by molar-refractivity contribution is 6.06. The molecule has 1 aliphatic rings. The van der Waals surface area contributed by atoms with Crippen LogP contribution < -0.4 is 4.74 Å². The number of amides is 1. The van der Waals surface area contributed by atoms with Gasteiger partial charge in [-0.1, -0.05) is 19.0 Å². The quantitative estimate of drug-likeness (QED) is 0.619. The van der Waals surface area contributed by atoms with Gasteiger partial charge in [-0.3, -0.25) is 9.69 Å². The van der Waals surface area contributed by atoms with Crippen LogP contribution in [0.3, 0.4) is 0 Å². The maximum atomic E-state index is 13.7. The highest BCUT2D eigenvalue weighted by Crippen LogP contribution is 2.27. The summed E-state index contributed by atoms with van der Waals surface area (Å²) in [4.78, 5) is 22.0. The lowest BCUT2D eigenvalue weighted by Crippen LogP contribution is -2.48. The topological polar surface area (TPSA) is 71.7 Å². The first kappa shape index (κ1) is 21.2. The summed E-state index contributed by atoms with van der Waals surface area (Å²) in [6.07, 6.45) is 0. The van der Waals surface area contributed by atoms with Crippen LogP contribution in [-0.4, -0.2) is 59.1 Å². The van der Waals surface area contributed by atoms with E-state index in [1.807, 2.05) is 31.7 Å². The molecule has 0 unspecified atom stereocenters. The van der Waals surface area contributed by atoms with Gasteiger partial charge in [0.15, 0.2) is 0 Å². The number of aromatic nitrogens is 2. The molecule has 0 spiro atoms. The molecule has 1 fully saturated rings. The van der Waals surface area contributed by atoms with Gasteiger partial charge in [0.2, 0.25) is 0 Å². The number of nitrogens with zero attached hydrogens (tertiary/aromatic N) is 4. The fourth-order valence-corrected chi connectivity index (χ4v) is 3.97. The van der Waals surface area contributed by atoms with Gasteiger partial charge in [-0.05, 0) is 37.1 Å². The molecule has 3 aromatic rings. The van der Waals surface area contributed by atoms with Gasteiger partial charge in [-0.25, -0.2) is 9.37 Å². The maximum Gasteiger partial charge on any atom is 0.259 e. The molecule has 7 nitrogen and oxygen atoms in total. The lowest BCUT2D eigenvalue weighted by atomic mass is 10.0. The number of piperazine rings is 1. The molecular formula is C23H27FN4O3. The monoisotopic (exact) mass is 426 g/mol. The first-order chi connectivity index (χ1) is 14.9. The summed E-state index contributed by atoms with van der Waals surface area (Å²) < 4.78 is 24.4. The van der Waals surface area contributed by atoms with Gasteiger partial charge in [-0.15, -0.1) is 0 Å². The van der Waals surface area contributed by atoms with E-state index < -0.39 is 0 Å². The van der Waals surface area contributed by atoms with E-state index in [9.17, 15) is 9.18 Å². The standard InChI is InChI=1S/C23H27FN4O3/c1-14(2)19-12-18(21-15(3)26-31-22(21)25-19)23(29)28-9-7-27(8-10-28)13-16-11-17(24)5-6-20(16)30-4/h5-6,11-12,14H,7-10,13H2,1-4H3. The minimum absolute atomic E-state index is 0.0383. The average Bonchev–Trinajstić information content (AvgIpc) is 3.14. The summed E-state index contributed by atoms with van der Waals surface area (Å²) in [5.41, 5.74) is 3.28. The lowest BCUT2D eigenvalue weighted by molar-refractivity contribution is 0.0629. The molecule has 0 saturated carbocycles. The number of rotatable bonds is 5. The van der Waals surface area contributed by atoms with E-state index in [4.69, 9.17) is 9.26 Å². The molecule has 2 aromatic heterocycles. The molecule has 0 aliphatic carbocycles. The van der Waals surface area contributed by atoms with Gasteiger partial charge in [0.25, 0.3) is 11.6 Å². The third-order valence-corrected chi connectivity index (χ3v) is 5.75. The first-order valence-electron chi connectivity index (χ1n) is 10.5. The molecule has 0 N–H and O–H groups in total. The van der Waals surface area contributed by atoms with Crippen molar-refractivity contribution in [3.8, 4) is 5.75 Å². The van der Waals surface area contributed by atoms with Crippen LogP contribution in [0.2, 0.25) is 0 Å². The number of halogens is 1. The Morgan fingerprint density at radius 3 is 2.65 bits per heavy atom. The van der Waals surface area contributed by atoms with E-state index >= 15 is 0 Å². The van der Waals surface area contributed by atoms with Crippen LogP contribution in [0, 0.1) is 12.7 Å². The lowest BCUT2D eigenvalue weighted by Gasteiger charge is -2.35. The highest BCUT2D eigenvalue weighted by atomic mass is 19.1. The zero-order valence-electron chi connectivity index (χ0n) is 18.3. The van der Waals surface area contributed by atoms with Gasteiger partial charge in [0.1, 0.15) is 11.6 Å². The molecule has 1 amide bonds. The fourth-order valence-electron chi connectivity index (χ4n) is 3.97. The number of hydrogen-bond acceptors (Lipinski definition) is 6. The number of carbonyl (C=O) groups is 1. The van der Waals surface area contributed by atoms with E-state index in [0.717, 1.165) is 11.3 Å². The van der Waals surface area contributed by atoms with Gasteiger partial charge in [-0.2, -0.15) is 0 Å². The largest absolute Gasteiger partial charge is 0.496 e. The normalized spacial score (nSPS) is 15.1. The fraction of sp³-hybridized carbons (Fsp3) is 0.435. The van der Waals surface area contributed by atoms with Gasteiger partial charge >= 0.3 is 0 Å². The second kappa shape index (κ2) is 8.63. The summed E-state index contributed by atoms with van der Waals surface area (Å²) in [5, 5.41) is 4.69. The number of carbonyl (C=O) groups excluding carboxylic acids is 1. The van der Waals surface area contributed by atoms with Crippen molar-refractivity contribution in [2.75, 3.05) is 33.3 Å². The van der Waals surface area contributed by atoms with E-state index in [0.29, 0.717) is 60.8 Å². The summed E-state index contributed by atoms with van der Waals surface area (Å²) in [6, 6.07) is 6.41. The van der Waals surface area contributed by atoms with Crippen molar-refractivity contribution in [3.05, 3.63) is 52.6 Å². The number of ether oxygens (including phenoxy) is 1. The summed E-state index contributed by atoms with van der Waals surface area (Å²) in [5.74, 6) is 0.516. The van der Waals surface area contributed by atoms with Crippen LogP contribution in [0.4, 0.5) is 4.39 Å². The third kappa shape index (κ3) is 4.25. The second-order valence-electron chi connectivity index (χ2n) is 8.22. The van der Waals surface area contributed by atoms with Crippen molar-refractivity contribution in [2.45, 2.75) is 33.2 Å². The molecule has 3 heterocycles. The number of pyridine rings is 1. The van der Waals surface area contributed by atoms with E-state index in [1.165, 1.54) is 12.1 Å². The number of benzene rings is 1. The number of methoxy groups -OCH3 is 1. The van der Waals surface area contributed by atoms with Crippen molar-refractivity contribution in [2.24, 2.45) is 0 Å². The molecule has 0 atom stereocenters. The van der Waals surface area contributed by atoms with Crippen molar-refractivity contribution < 1.29 is 18.4 Å². The van der Waals surface area contributed by atoms with Crippen LogP contribution in [-0.2, 0) is 6.54 Å². The molecule has 4 rings (SSSR count). The number of fused-ring (bicyclic) bond motifs is 1. The predicted octanol–water partition coefficient (Wildman–Crippen LogP) is 3.76. The zero-order chi connectivity index (χ0) is 22.1. The van der Waals surface area contributed by atoms with Crippen molar-refractivity contribution in [1.29, 1.82) is 0 Å². The molecule has 8 heteroatoms. The molecule has 0 bridgehead atoms. The third-order valence-electron chi connectivity index (χ3n) is 5.75. The maximum absolute atomic E-state index is 13.7. The Labute approximate surface area is 180 Å². The number of aryl methyl sites for hydroxylation is 1. The van der Waals surface area contributed by atoms with Crippen molar-refractivity contribution in [3.63, 3.8) is 0 Å². The molecule has 31 heavy (non-hydrogen) atoms. The van der Waals surface area contributed by atoms with Gasteiger partial charge in [0, 0.05) is 44.0 Å². The van der Waals surface area contributed by atoms with Crippen LogP contribution in [0.25, 0.3) is 11.1 Å². The molecule has 1 saturated heterocycles. The predicted molar refractivity (Wildman–Crippen MR) is 115 cm³/mol. The minimum Gasteiger partial charge on any atom is -0.496 e. The Morgan fingerprint density at radius 1 is 1.23 bits per heavy atom. The average molecular weight is 426 g/mol. The molecule has 0 radical (unpaired) electrons. The summed E-state index contributed by atoms with van der Waals surface area (Å²) in [6.45, 7) is 9.02. The molecular weight excluding hydrogens is 399 g/mol. The van der Waals surface area contributed by atoms with E-state index in [1.54, 1.807) is 13.2 Å². The van der Waals surface area contributed by atoms with Crippen LogP contribution in [0.15, 0.2) is 28.8 Å². The SMILES string of the molecule is COc1ccc(F)cc1CN1CCN(C(=O)c2cc(C(C)C)nc3onc(C)c23)CC1. The Balaban J connectivity index is 1.50. The minimum atomic E-state index is -0.281. The Kier molecular flexibility index (Phi) is 5.91. The summed E-state index contributed by atoms with van der Waals surface area (Å²) in [7, 11) is 1.58. The molecule has 164 valence electrons. The molecule has 1 aromatic carbocycles. The zero-order valence-corrected chi connectivity index (χ0v) is 18.3. The van der Waals surface area contributed by atoms with Gasteiger partial charge < -0.3 is 14.2 Å². The van der Waals surface area contributed by atoms with E-state index in [-0.39, 0.29) is 17.6 Å². The van der Waals surface area contributed by atoms with Crippen LogP contribution in [0.1, 0.15) is 47.1 Å². The van der Waals surface area contributed by atoms with Gasteiger partial charge in [0.05, 0.1) is 23.8 Å². The molecule has 1 aliphatic heterocycles. The highest BCUT2D eigenvalue weighted by Gasteiger charge is 2.27. The smallest absolute Gasteiger partial charge is 0.259 e. The Morgan fingerprint density at radius 2 is 1.97 bits per heavy atom. The van der Waals surface area contributed by atoms with Crippen LogP contribution >= 0.6 is 0 Å². The number of hydrogen-bond donors (Lipinski definition) is 0. The second-order valence-corrected chi connectivity index (χ2v) is 8.22. The Bertz CT molecular complexity index is 1100. The van der Waals surface area contributed by atoms with Crippen LogP contribution in [0.5, 0.6) is 5.75 Å². The Hall–Kier alpha value is -3.00. The van der Waals surface area contributed by atoms with Crippen molar-refractivity contribution in [1.82, 2.24) is 19.9 Å². The van der Waals surface area contributed by atoms with Crippen molar-refractivity contribution >= 4 is 17.0 Å². The van der Waals surface area contributed by atoms with E-state index in [2.05, 4.69) is 15.0 Å². The first-order valence-corrected chi connectivity index (χ1v) is 10.5.